The van der Waals surface area contributed by atoms with Crippen LogP contribution in [0.1, 0.15) is 26.7 Å². The Hall–Kier alpha value is -1.16. The summed E-state index contributed by atoms with van der Waals surface area (Å²) in [7, 11) is 0. The van der Waals surface area contributed by atoms with Crippen LogP contribution in [0.15, 0.2) is 35.9 Å². The van der Waals surface area contributed by atoms with Crippen molar-refractivity contribution < 1.29 is 19.7 Å². The normalized spacial score (nSPS) is 22.4. The molecule has 1 amide bonds. The van der Waals surface area contributed by atoms with E-state index in [1.165, 1.54) is 0 Å². The van der Waals surface area contributed by atoms with Crippen LogP contribution in [-0.2, 0) is 4.79 Å². The fourth-order valence-corrected chi connectivity index (χ4v) is 3.46. The second-order valence-corrected chi connectivity index (χ2v) is 8.28. The molecule has 0 aliphatic heterocycles. The smallest absolute Gasteiger partial charge is 0.247 e. The summed E-state index contributed by atoms with van der Waals surface area (Å²) in [5, 5.41) is 25.8. The molecule has 4 N–H and O–H groups in total. The minimum absolute atomic E-state index is 0.111. The van der Waals surface area contributed by atoms with Gasteiger partial charge in [-0.3, -0.25) is 4.79 Å². The van der Waals surface area contributed by atoms with Gasteiger partial charge in [0.1, 0.15) is 18.0 Å². The summed E-state index contributed by atoms with van der Waals surface area (Å²) >= 11 is 2.19. The zero-order valence-electron chi connectivity index (χ0n) is 15.8. The first-order chi connectivity index (χ1) is 12.9. The molecule has 1 aromatic rings. The number of nitrogens with one attached hydrogen (secondary N) is 2. The van der Waals surface area contributed by atoms with Crippen LogP contribution in [-0.4, -0.2) is 54.1 Å². The molecule has 0 saturated carbocycles. The zero-order valence-corrected chi connectivity index (χ0v) is 18.0. The third-order valence-corrected chi connectivity index (χ3v) is 5.36. The lowest BCUT2D eigenvalue weighted by molar-refractivity contribution is -0.118. The SMILES string of the molecule is CC(C)CCNC1CC(C(=O)NCCO)=CC(Oc2ccccc2I)C1O. The van der Waals surface area contributed by atoms with Gasteiger partial charge < -0.3 is 25.6 Å². The number of rotatable bonds is 9. The van der Waals surface area contributed by atoms with E-state index in [0.717, 1.165) is 16.5 Å². The van der Waals surface area contributed by atoms with Crippen LogP contribution < -0.4 is 15.4 Å². The van der Waals surface area contributed by atoms with Crippen LogP contribution in [0, 0.1) is 9.49 Å². The monoisotopic (exact) mass is 488 g/mol. The Balaban J connectivity index is 2.16. The Bertz CT molecular complexity index is 651. The molecule has 0 fully saturated rings. The van der Waals surface area contributed by atoms with Crippen LogP contribution in [0.5, 0.6) is 5.75 Å². The van der Waals surface area contributed by atoms with Crippen molar-refractivity contribution in [1.82, 2.24) is 10.6 Å². The average Bonchev–Trinajstić information content (AvgIpc) is 2.64. The van der Waals surface area contributed by atoms with Gasteiger partial charge in [-0.25, -0.2) is 0 Å². The number of hydrogen-bond donors (Lipinski definition) is 4. The van der Waals surface area contributed by atoms with E-state index >= 15 is 0 Å². The van der Waals surface area contributed by atoms with Crippen molar-refractivity contribution in [1.29, 1.82) is 0 Å². The molecule has 6 nitrogen and oxygen atoms in total. The number of para-hydroxylation sites is 1. The summed E-state index contributed by atoms with van der Waals surface area (Å²) in [6.07, 6.45) is 1.72. The molecule has 1 aliphatic rings. The molecule has 7 heteroatoms. The quantitative estimate of drug-likeness (QED) is 0.399. The maximum atomic E-state index is 12.4. The number of carbonyl (C=O) groups is 1. The van der Waals surface area contributed by atoms with E-state index in [9.17, 15) is 9.90 Å². The van der Waals surface area contributed by atoms with Crippen LogP contribution in [0.2, 0.25) is 0 Å². The minimum Gasteiger partial charge on any atom is -0.482 e. The molecule has 0 bridgehead atoms. The highest BCUT2D eigenvalue weighted by Gasteiger charge is 2.35. The molecule has 1 aromatic carbocycles. The van der Waals surface area contributed by atoms with Crippen molar-refractivity contribution in [2.45, 2.75) is 44.9 Å². The van der Waals surface area contributed by atoms with Gasteiger partial charge in [0.2, 0.25) is 5.91 Å². The largest absolute Gasteiger partial charge is 0.482 e. The lowest BCUT2D eigenvalue weighted by Gasteiger charge is -2.34. The highest BCUT2D eigenvalue weighted by molar-refractivity contribution is 14.1. The third kappa shape index (κ3) is 6.74. The summed E-state index contributed by atoms with van der Waals surface area (Å²) in [4.78, 5) is 12.4. The van der Waals surface area contributed by atoms with Crippen molar-refractivity contribution in [2.24, 2.45) is 5.92 Å². The fourth-order valence-electron chi connectivity index (χ4n) is 2.94. The first-order valence-electron chi connectivity index (χ1n) is 9.34. The number of hydrogen-bond acceptors (Lipinski definition) is 5. The van der Waals surface area contributed by atoms with Crippen molar-refractivity contribution >= 4 is 28.5 Å². The molecule has 0 saturated heterocycles. The Morgan fingerprint density at radius 1 is 1.33 bits per heavy atom. The van der Waals surface area contributed by atoms with E-state index in [-0.39, 0.29) is 25.1 Å². The highest BCUT2D eigenvalue weighted by Crippen LogP contribution is 2.27. The average molecular weight is 488 g/mol. The van der Waals surface area contributed by atoms with Gasteiger partial charge >= 0.3 is 0 Å². The van der Waals surface area contributed by atoms with Crippen LogP contribution in [0.3, 0.4) is 0 Å². The zero-order chi connectivity index (χ0) is 19.8. The highest BCUT2D eigenvalue weighted by atomic mass is 127. The molecule has 0 spiro atoms. The van der Waals surface area contributed by atoms with Gasteiger partial charge in [-0.05, 0) is 66.1 Å². The number of aliphatic hydroxyl groups excluding tert-OH is 2. The molecular formula is C20H29IN2O4. The Morgan fingerprint density at radius 2 is 2.07 bits per heavy atom. The third-order valence-electron chi connectivity index (χ3n) is 4.47. The molecule has 3 unspecified atom stereocenters. The number of halogens is 1. The summed E-state index contributed by atoms with van der Waals surface area (Å²) in [6, 6.07) is 7.32. The number of benzene rings is 1. The van der Waals surface area contributed by atoms with E-state index in [2.05, 4.69) is 47.1 Å². The summed E-state index contributed by atoms with van der Waals surface area (Å²) < 4.78 is 6.98. The van der Waals surface area contributed by atoms with E-state index < -0.39 is 12.2 Å². The van der Waals surface area contributed by atoms with Gasteiger partial charge in [-0.2, -0.15) is 0 Å². The van der Waals surface area contributed by atoms with E-state index in [0.29, 0.717) is 23.7 Å². The van der Waals surface area contributed by atoms with Gasteiger partial charge in [0.15, 0.2) is 0 Å². The predicted molar refractivity (Wildman–Crippen MR) is 114 cm³/mol. The molecule has 1 aliphatic carbocycles. The van der Waals surface area contributed by atoms with Gasteiger partial charge in [-0.15, -0.1) is 0 Å². The molecule has 0 radical (unpaired) electrons. The summed E-state index contributed by atoms with van der Waals surface area (Å²) in [6.45, 7) is 5.15. The van der Waals surface area contributed by atoms with Crippen molar-refractivity contribution in [2.75, 3.05) is 19.7 Å². The second kappa shape index (κ2) is 11.0. The minimum atomic E-state index is -0.762. The van der Waals surface area contributed by atoms with E-state index in [4.69, 9.17) is 9.84 Å². The van der Waals surface area contributed by atoms with E-state index in [1.54, 1.807) is 6.08 Å². The number of ether oxygens (including phenoxy) is 1. The first-order valence-corrected chi connectivity index (χ1v) is 10.4. The molecule has 27 heavy (non-hydrogen) atoms. The molecule has 0 aromatic heterocycles. The van der Waals surface area contributed by atoms with Crippen molar-refractivity contribution in [3.05, 3.63) is 39.5 Å². The lowest BCUT2D eigenvalue weighted by Crippen LogP contribution is -2.52. The Morgan fingerprint density at radius 3 is 2.74 bits per heavy atom. The van der Waals surface area contributed by atoms with Gasteiger partial charge in [0.25, 0.3) is 0 Å². The summed E-state index contributed by atoms with van der Waals surface area (Å²) in [5.41, 5.74) is 0.562. The molecule has 2 rings (SSSR count). The lowest BCUT2D eigenvalue weighted by atomic mass is 9.89. The molecule has 3 atom stereocenters. The van der Waals surface area contributed by atoms with Gasteiger partial charge in [0, 0.05) is 18.2 Å². The Kier molecular flexibility index (Phi) is 9.01. The first kappa shape index (κ1) is 22.1. The van der Waals surface area contributed by atoms with Crippen molar-refractivity contribution in [3.63, 3.8) is 0 Å². The van der Waals surface area contributed by atoms with Crippen molar-refractivity contribution in [3.8, 4) is 5.75 Å². The number of aliphatic hydroxyl groups is 2. The molecular weight excluding hydrogens is 459 g/mol. The fraction of sp³-hybridized carbons (Fsp3) is 0.550. The van der Waals surface area contributed by atoms with E-state index in [1.807, 2.05) is 24.3 Å². The van der Waals surface area contributed by atoms with Gasteiger partial charge in [0.05, 0.1) is 10.2 Å². The molecule has 150 valence electrons. The summed E-state index contributed by atoms with van der Waals surface area (Å²) in [5.74, 6) is 0.998. The van der Waals surface area contributed by atoms with Gasteiger partial charge in [-0.1, -0.05) is 26.0 Å². The Labute approximate surface area is 174 Å². The maximum absolute atomic E-state index is 12.4. The topological polar surface area (TPSA) is 90.8 Å². The van der Waals surface area contributed by atoms with Crippen LogP contribution >= 0.6 is 22.6 Å². The number of carbonyl (C=O) groups excluding carboxylic acids is 1. The number of amides is 1. The molecule has 0 heterocycles. The van der Waals surface area contributed by atoms with Crippen LogP contribution in [0.4, 0.5) is 0 Å². The van der Waals surface area contributed by atoms with Crippen LogP contribution in [0.25, 0.3) is 0 Å². The second-order valence-electron chi connectivity index (χ2n) is 7.12. The predicted octanol–water partition coefficient (Wildman–Crippen LogP) is 1.84. The standard InChI is InChI=1S/C20H29IN2O4/c1-13(2)7-8-22-16-11-14(20(26)23-9-10-24)12-18(19(16)25)27-17-6-4-3-5-15(17)21/h3-6,12-13,16,18-19,22,24-25H,7-11H2,1-2H3,(H,23,26). The maximum Gasteiger partial charge on any atom is 0.247 e.